The quantitative estimate of drug-likeness (QED) is 0.511. The molecule has 2 aromatic rings. The van der Waals surface area contributed by atoms with E-state index in [1.165, 1.54) is 25.1 Å². The van der Waals surface area contributed by atoms with Crippen LogP contribution in [0.25, 0.3) is 0 Å². The molecule has 0 aliphatic carbocycles. The molecule has 0 radical (unpaired) electrons. The van der Waals surface area contributed by atoms with Crippen molar-refractivity contribution in [2.75, 3.05) is 37.6 Å². The van der Waals surface area contributed by atoms with Gasteiger partial charge in [-0.05, 0) is 49.1 Å². The molecule has 2 amide bonds. The molecule has 0 spiro atoms. The van der Waals surface area contributed by atoms with Crippen molar-refractivity contribution in [1.82, 2.24) is 9.80 Å². The topological polar surface area (TPSA) is 87.0 Å². The minimum Gasteiger partial charge on any atom is -0.362 e. The number of benzene rings is 2. The maximum Gasteiger partial charge on any atom is 0.293 e. The number of halogens is 1. The Labute approximate surface area is 191 Å². The molecule has 0 saturated carbocycles. The Morgan fingerprint density at radius 1 is 1.09 bits per heavy atom. The second kappa shape index (κ2) is 9.56. The van der Waals surface area contributed by atoms with Gasteiger partial charge in [0, 0.05) is 57.3 Å². The van der Waals surface area contributed by atoms with Gasteiger partial charge in [-0.1, -0.05) is 12.1 Å². The van der Waals surface area contributed by atoms with E-state index in [-0.39, 0.29) is 34.9 Å². The van der Waals surface area contributed by atoms with Crippen LogP contribution in [-0.4, -0.2) is 65.3 Å². The standard InChI is InChI=1S/C24H27FN4O4/c1-17(30)26-10-12-27(13-11-26)22-8-7-19(16-23(22)29(32)33)24(31)28-9-3-6-21(28)15-18-4-2-5-20(25)14-18/h2,4-5,7-8,14,16,21H,3,6,9-13,15H2,1H3. The predicted octanol–water partition coefficient (Wildman–Crippen LogP) is 3.25. The largest absolute Gasteiger partial charge is 0.362 e. The molecule has 0 bridgehead atoms. The number of carbonyl (C=O) groups excluding carboxylic acids is 2. The predicted molar refractivity (Wildman–Crippen MR) is 122 cm³/mol. The summed E-state index contributed by atoms with van der Waals surface area (Å²) in [5.74, 6) is -0.563. The number of hydrogen-bond acceptors (Lipinski definition) is 5. The van der Waals surface area contributed by atoms with Crippen molar-refractivity contribution in [1.29, 1.82) is 0 Å². The average Bonchev–Trinajstić information content (AvgIpc) is 3.26. The van der Waals surface area contributed by atoms with Crippen molar-refractivity contribution in [3.63, 3.8) is 0 Å². The molecule has 2 fully saturated rings. The summed E-state index contributed by atoms with van der Waals surface area (Å²) in [4.78, 5) is 41.5. The lowest BCUT2D eigenvalue weighted by Gasteiger charge is -2.35. The van der Waals surface area contributed by atoms with Gasteiger partial charge in [-0.3, -0.25) is 19.7 Å². The summed E-state index contributed by atoms with van der Waals surface area (Å²) in [5.41, 5.74) is 1.44. The molecule has 2 aliphatic rings. The van der Waals surface area contributed by atoms with Crippen molar-refractivity contribution in [2.45, 2.75) is 32.2 Å². The molecule has 174 valence electrons. The van der Waals surface area contributed by atoms with E-state index in [9.17, 15) is 24.1 Å². The molecule has 2 aromatic carbocycles. The van der Waals surface area contributed by atoms with Gasteiger partial charge in [0.05, 0.1) is 4.92 Å². The highest BCUT2D eigenvalue weighted by molar-refractivity contribution is 5.96. The van der Waals surface area contributed by atoms with Crippen molar-refractivity contribution >= 4 is 23.2 Å². The number of rotatable bonds is 5. The molecule has 2 aliphatic heterocycles. The highest BCUT2D eigenvalue weighted by atomic mass is 19.1. The van der Waals surface area contributed by atoms with Gasteiger partial charge in [0.15, 0.2) is 0 Å². The lowest BCUT2D eigenvalue weighted by molar-refractivity contribution is -0.384. The number of hydrogen-bond donors (Lipinski definition) is 0. The summed E-state index contributed by atoms with van der Waals surface area (Å²) >= 11 is 0. The van der Waals surface area contributed by atoms with Crippen molar-refractivity contribution in [3.05, 3.63) is 69.5 Å². The molecule has 9 heteroatoms. The number of piperazine rings is 1. The lowest BCUT2D eigenvalue weighted by atomic mass is 10.0. The Morgan fingerprint density at radius 3 is 2.52 bits per heavy atom. The first-order valence-electron chi connectivity index (χ1n) is 11.2. The van der Waals surface area contributed by atoms with Crippen molar-refractivity contribution in [2.24, 2.45) is 0 Å². The summed E-state index contributed by atoms with van der Waals surface area (Å²) < 4.78 is 13.6. The number of carbonyl (C=O) groups is 2. The van der Waals surface area contributed by atoms with Crippen LogP contribution in [0.5, 0.6) is 0 Å². The van der Waals surface area contributed by atoms with Crippen molar-refractivity contribution in [3.8, 4) is 0 Å². The fraction of sp³-hybridized carbons (Fsp3) is 0.417. The number of nitrogens with zero attached hydrogens (tertiary/aromatic N) is 4. The molecule has 0 N–H and O–H groups in total. The first-order chi connectivity index (χ1) is 15.8. The molecule has 2 saturated heterocycles. The van der Waals surface area contributed by atoms with Crippen LogP contribution in [0, 0.1) is 15.9 Å². The van der Waals surface area contributed by atoms with E-state index in [2.05, 4.69) is 0 Å². The Bertz CT molecular complexity index is 1070. The second-order valence-electron chi connectivity index (χ2n) is 8.58. The van der Waals surface area contributed by atoms with Crippen LogP contribution < -0.4 is 4.90 Å². The van der Waals surface area contributed by atoms with Crippen LogP contribution in [0.3, 0.4) is 0 Å². The van der Waals surface area contributed by atoms with Gasteiger partial charge in [-0.25, -0.2) is 4.39 Å². The highest BCUT2D eigenvalue weighted by Gasteiger charge is 2.32. The van der Waals surface area contributed by atoms with Gasteiger partial charge in [0.25, 0.3) is 11.6 Å². The van der Waals surface area contributed by atoms with Gasteiger partial charge in [-0.2, -0.15) is 0 Å². The number of nitro groups is 1. The van der Waals surface area contributed by atoms with E-state index in [1.54, 1.807) is 28.0 Å². The maximum atomic E-state index is 13.6. The minimum atomic E-state index is -0.461. The van der Waals surface area contributed by atoms with Crippen molar-refractivity contribution < 1.29 is 18.9 Å². The smallest absolute Gasteiger partial charge is 0.293 e. The van der Waals surface area contributed by atoms with Crippen LogP contribution in [0.4, 0.5) is 15.8 Å². The zero-order valence-corrected chi connectivity index (χ0v) is 18.6. The minimum absolute atomic E-state index is 0.0106. The van der Waals surface area contributed by atoms with Gasteiger partial charge in [0.1, 0.15) is 11.5 Å². The summed E-state index contributed by atoms with van der Waals surface area (Å²) in [6.45, 7) is 4.08. The first-order valence-corrected chi connectivity index (χ1v) is 11.2. The van der Waals surface area contributed by atoms with Crippen LogP contribution >= 0.6 is 0 Å². The molecule has 33 heavy (non-hydrogen) atoms. The molecular formula is C24H27FN4O4. The first kappa shape index (κ1) is 22.7. The van der Waals surface area contributed by atoms with E-state index in [4.69, 9.17) is 0 Å². The third-order valence-electron chi connectivity index (χ3n) is 6.48. The van der Waals surface area contributed by atoms with E-state index < -0.39 is 4.92 Å². The number of anilines is 1. The van der Waals surface area contributed by atoms with Crippen LogP contribution in [-0.2, 0) is 11.2 Å². The van der Waals surface area contributed by atoms with Crippen LogP contribution in [0.2, 0.25) is 0 Å². The highest BCUT2D eigenvalue weighted by Crippen LogP contribution is 2.32. The van der Waals surface area contributed by atoms with E-state index in [1.807, 2.05) is 11.0 Å². The summed E-state index contributed by atoms with van der Waals surface area (Å²) in [7, 11) is 0. The van der Waals surface area contributed by atoms with Crippen LogP contribution in [0.1, 0.15) is 35.7 Å². The fourth-order valence-corrected chi connectivity index (χ4v) is 4.75. The average molecular weight is 455 g/mol. The van der Waals surface area contributed by atoms with Gasteiger partial charge >= 0.3 is 0 Å². The van der Waals surface area contributed by atoms with E-state index in [0.29, 0.717) is 44.8 Å². The Hall–Kier alpha value is -3.49. The molecule has 0 aromatic heterocycles. The number of nitro benzene ring substituents is 1. The summed E-state index contributed by atoms with van der Waals surface area (Å²) in [6, 6.07) is 10.9. The van der Waals surface area contributed by atoms with E-state index >= 15 is 0 Å². The van der Waals surface area contributed by atoms with Gasteiger partial charge in [0.2, 0.25) is 5.91 Å². The fourth-order valence-electron chi connectivity index (χ4n) is 4.75. The van der Waals surface area contributed by atoms with Crippen LogP contribution in [0.15, 0.2) is 42.5 Å². The zero-order chi connectivity index (χ0) is 23.5. The summed E-state index contributed by atoms with van der Waals surface area (Å²) in [5, 5.41) is 11.8. The molecule has 1 atom stereocenters. The molecule has 4 rings (SSSR count). The molecule has 2 heterocycles. The molecule has 1 unspecified atom stereocenters. The number of amides is 2. The monoisotopic (exact) mass is 454 g/mol. The molecular weight excluding hydrogens is 427 g/mol. The maximum absolute atomic E-state index is 13.6. The second-order valence-corrected chi connectivity index (χ2v) is 8.58. The SMILES string of the molecule is CC(=O)N1CCN(c2ccc(C(=O)N3CCCC3Cc3cccc(F)c3)cc2[N+](=O)[O-])CC1. The molecule has 8 nitrogen and oxygen atoms in total. The third kappa shape index (κ3) is 4.97. The Morgan fingerprint density at radius 2 is 1.85 bits per heavy atom. The third-order valence-corrected chi connectivity index (χ3v) is 6.48. The Kier molecular flexibility index (Phi) is 6.57. The van der Waals surface area contributed by atoms with Gasteiger partial charge in [-0.15, -0.1) is 0 Å². The lowest BCUT2D eigenvalue weighted by Crippen LogP contribution is -2.48. The Balaban J connectivity index is 1.52. The summed E-state index contributed by atoms with van der Waals surface area (Å²) in [6.07, 6.45) is 2.19. The normalized spacial score (nSPS) is 18.5. The van der Waals surface area contributed by atoms with E-state index in [0.717, 1.165) is 18.4 Å². The zero-order valence-electron chi connectivity index (χ0n) is 18.6. The number of likely N-dealkylation sites (tertiary alicyclic amines) is 1. The van der Waals surface area contributed by atoms with Gasteiger partial charge < -0.3 is 14.7 Å².